The van der Waals surface area contributed by atoms with Crippen LogP contribution in [-0.2, 0) is 19.3 Å². The Kier molecular flexibility index (Phi) is 5.58. The van der Waals surface area contributed by atoms with Crippen LogP contribution in [0.4, 0.5) is 5.69 Å². The van der Waals surface area contributed by atoms with E-state index in [0.717, 1.165) is 59.8 Å². The minimum atomic E-state index is -0.152. The van der Waals surface area contributed by atoms with Crippen molar-refractivity contribution in [1.29, 1.82) is 0 Å². The van der Waals surface area contributed by atoms with E-state index in [1.54, 1.807) is 6.20 Å². The Bertz CT molecular complexity index is 1220. The van der Waals surface area contributed by atoms with Crippen molar-refractivity contribution >= 4 is 11.6 Å². The van der Waals surface area contributed by atoms with Crippen LogP contribution in [0.1, 0.15) is 53.5 Å². The number of nitrogens with one attached hydrogen (secondary N) is 1. The number of para-hydroxylation sites is 1. The Balaban J connectivity index is 1.36. The number of aromatic nitrogens is 3. The van der Waals surface area contributed by atoms with E-state index in [2.05, 4.69) is 22.5 Å². The maximum Gasteiger partial charge on any atom is 0.259 e. The van der Waals surface area contributed by atoms with Crippen LogP contribution in [0.25, 0.3) is 17.0 Å². The minimum absolute atomic E-state index is 0.152. The summed E-state index contributed by atoms with van der Waals surface area (Å²) < 4.78 is 7.49. The van der Waals surface area contributed by atoms with E-state index >= 15 is 0 Å². The zero-order chi connectivity index (χ0) is 21.9. The zero-order valence-corrected chi connectivity index (χ0v) is 18.2. The molecule has 0 radical (unpaired) electrons. The second-order valence-electron chi connectivity index (χ2n) is 8.18. The molecule has 2 aromatic heterocycles. The number of aryl methyl sites for hydroxylation is 1. The molecule has 1 aliphatic carbocycles. The third-order valence-corrected chi connectivity index (χ3v) is 5.97. The minimum Gasteiger partial charge on any atom is -0.356 e. The number of nitrogens with zero attached hydrogens (tertiary/aromatic N) is 3. The summed E-state index contributed by atoms with van der Waals surface area (Å²) in [5.74, 6) is 0.701. The van der Waals surface area contributed by atoms with Crippen LogP contribution >= 0.6 is 0 Å². The number of amides is 1. The number of fused-ring (bicyclic) bond motifs is 1. The van der Waals surface area contributed by atoms with Gasteiger partial charge in [-0.2, -0.15) is 5.10 Å². The monoisotopic (exact) mass is 426 g/mol. The molecule has 0 bridgehead atoms. The van der Waals surface area contributed by atoms with E-state index in [1.165, 1.54) is 18.4 Å². The van der Waals surface area contributed by atoms with Crippen molar-refractivity contribution < 1.29 is 9.32 Å². The summed E-state index contributed by atoms with van der Waals surface area (Å²) >= 11 is 0. The van der Waals surface area contributed by atoms with Crippen LogP contribution in [0.3, 0.4) is 0 Å². The van der Waals surface area contributed by atoms with E-state index in [1.807, 2.05) is 59.3 Å². The van der Waals surface area contributed by atoms with Gasteiger partial charge in [0.05, 0.1) is 28.8 Å². The lowest BCUT2D eigenvalue weighted by atomic mass is 9.94. The summed E-state index contributed by atoms with van der Waals surface area (Å²) in [6.45, 7) is 2.10. The predicted molar refractivity (Wildman–Crippen MR) is 124 cm³/mol. The number of rotatable bonds is 6. The Morgan fingerprint density at radius 2 is 1.84 bits per heavy atom. The second-order valence-corrected chi connectivity index (χ2v) is 8.18. The first-order chi connectivity index (χ1) is 15.7. The number of benzene rings is 2. The molecule has 1 N–H and O–H groups in total. The van der Waals surface area contributed by atoms with Gasteiger partial charge in [0.25, 0.3) is 5.91 Å². The molecule has 1 amide bonds. The number of carbonyl (C=O) groups is 1. The first-order valence-corrected chi connectivity index (χ1v) is 11.3. The zero-order valence-electron chi connectivity index (χ0n) is 18.2. The van der Waals surface area contributed by atoms with Gasteiger partial charge in [-0.3, -0.25) is 4.79 Å². The quantitative estimate of drug-likeness (QED) is 0.435. The summed E-state index contributed by atoms with van der Waals surface area (Å²) in [4.78, 5) is 13.1. The molecule has 4 aromatic rings. The highest BCUT2D eigenvalue weighted by Crippen LogP contribution is 2.32. The van der Waals surface area contributed by atoms with Gasteiger partial charge in [0.1, 0.15) is 0 Å². The van der Waals surface area contributed by atoms with Gasteiger partial charge in [0, 0.05) is 16.8 Å². The summed E-state index contributed by atoms with van der Waals surface area (Å²) in [6.07, 6.45) is 7.70. The van der Waals surface area contributed by atoms with Crippen molar-refractivity contribution in [2.75, 3.05) is 5.32 Å². The molecule has 0 saturated heterocycles. The first-order valence-electron chi connectivity index (χ1n) is 11.3. The van der Waals surface area contributed by atoms with Crippen LogP contribution in [0.15, 0.2) is 65.3 Å². The summed E-state index contributed by atoms with van der Waals surface area (Å²) in [6, 6.07) is 17.7. The van der Waals surface area contributed by atoms with Crippen molar-refractivity contribution in [2.24, 2.45) is 0 Å². The van der Waals surface area contributed by atoms with Crippen LogP contribution in [0.2, 0.25) is 0 Å². The Hall–Kier alpha value is -3.67. The molecule has 0 unspecified atom stereocenters. The van der Waals surface area contributed by atoms with Gasteiger partial charge >= 0.3 is 0 Å². The van der Waals surface area contributed by atoms with Gasteiger partial charge in [0.15, 0.2) is 5.76 Å². The summed E-state index contributed by atoms with van der Waals surface area (Å²) in [7, 11) is 0. The largest absolute Gasteiger partial charge is 0.356 e. The molecule has 2 heterocycles. The number of carbonyl (C=O) groups excluding carboxylic acids is 1. The van der Waals surface area contributed by atoms with E-state index in [-0.39, 0.29) is 5.91 Å². The number of anilines is 1. The lowest BCUT2D eigenvalue weighted by Gasteiger charge is -2.11. The number of hydrogen-bond acceptors (Lipinski definition) is 4. The fraction of sp³-hybridized carbons (Fsp3) is 0.269. The fourth-order valence-electron chi connectivity index (χ4n) is 4.35. The Morgan fingerprint density at radius 1 is 1.06 bits per heavy atom. The standard InChI is InChI=1S/C26H26N4O2/c1-2-8-24-22(17-27-30(24)20-9-4-3-5-10-20)26(31)28-19-15-13-18(14-16-19)25-21-11-6-7-12-23(21)29-32-25/h3-5,9-10,13-17H,2,6-8,11-12H2,1H3,(H,28,31). The second kappa shape index (κ2) is 8.83. The SMILES string of the molecule is CCCc1c(C(=O)Nc2ccc(-c3onc4c3CCCC4)cc2)cnn1-c1ccccc1. The van der Waals surface area contributed by atoms with E-state index in [0.29, 0.717) is 5.56 Å². The number of hydrogen-bond donors (Lipinski definition) is 1. The van der Waals surface area contributed by atoms with Crippen LogP contribution in [0.5, 0.6) is 0 Å². The molecule has 162 valence electrons. The van der Waals surface area contributed by atoms with Gasteiger partial charge in [0.2, 0.25) is 0 Å². The summed E-state index contributed by atoms with van der Waals surface area (Å²) in [5.41, 5.74) is 6.51. The van der Waals surface area contributed by atoms with Gasteiger partial charge in [-0.25, -0.2) is 4.68 Å². The molecule has 1 aliphatic rings. The van der Waals surface area contributed by atoms with Crippen molar-refractivity contribution in [3.8, 4) is 17.0 Å². The first kappa shape index (κ1) is 20.2. The van der Waals surface area contributed by atoms with Crippen molar-refractivity contribution in [3.63, 3.8) is 0 Å². The molecular formula is C26H26N4O2. The molecule has 2 aromatic carbocycles. The smallest absolute Gasteiger partial charge is 0.259 e. The van der Waals surface area contributed by atoms with E-state index < -0.39 is 0 Å². The molecular weight excluding hydrogens is 400 g/mol. The molecule has 6 nitrogen and oxygen atoms in total. The molecule has 0 saturated carbocycles. The van der Waals surface area contributed by atoms with Crippen LogP contribution in [-0.4, -0.2) is 20.8 Å². The molecule has 32 heavy (non-hydrogen) atoms. The van der Waals surface area contributed by atoms with Crippen LogP contribution in [0, 0.1) is 0 Å². The Labute approximate surface area is 187 Å². The molecule has 0 fully saturated rings. The van der Waals surface area contributed by atoms with E-state index in [4.69, 9.17) is 4.52 Å². The van der Waals surface area contributed by atoms with Gasteiger partial charge in [-0.05, 0) is 68.5 Å². The van der Waals surface area contributed by atoms with Crippen molar-refractivity contribution in [1.82, 2.24) is 14.9 Å². The van der Waals surface area contributed by atoms with Crippen molar-refractivity contribution in [3.05, 3.63) is 83.3 Å². The average Bonchev–Trinajstić information content (AvgIpc) is 3.45. The normalized spacial score (nSPS) is 13.0. The average molecular weight is 427 g/mol. The Morgan fingerprint density at radius 3 is 2.62 bits per heavy atom. The molecule has 0 spiro atoms. The summed E-state index contributed by atoms with van der Waals surface area (Å²) in [5, 5.41) is 11.8. The molecule has 6 heteroatoms. The highest BCUT2D eigenvalue weighted by Gasteiger charge is 2.21. The molecule has 0 aliphatic heterocycles. The van der Waals surface area contributed by atoms with Gasteiger partial charge in [-0.1, -0.05) is 36.7 Å². The lowest BCUT2D eigenvalue weighted by Crippen LogP contribution is -2.14. The van der Waals surface area contributed by atoms with Gasteiger partial charge in [-0.15, -0.1) is 0 Å². The predicted octanol–water partition coefficient (Wildman–Crippen LogP) is 5.61. The van der Waals surface area contributed by atoms with Gasteiger partial charge < -0.3 is 9.84 Å². The van der Waals surface area contributed by atoms with Crippen LogP contribution < -0.4 is 5.32 Å². The third kappa shape index (κ3) is 3.84. The molecule has 0 atom stereocenters. The lowest BCUT2D eigenvalue weighted by molar-refractivity contribution is 0.102. The third-order valence-electron chi connectivity index (χ3n) is 5.97. The fourth-order valence-corrected chi connectivity index (χ4v) is 4.35. The highest BCUT2D eigenvalue weighted by atomic mass is 16.5. The van der Waals surface area contributed by atoms with E-state index in [9.17, 15) is 4.79 Å². The topological polar surface area (TPSA) is 73.0 Å². The maximum absolute atomic E-state index is 13.1. The van der Waals surface area contributed by atoms with Crippen molar-refractivity contribution in [2.45, 2.75) is 45.4 Å². The maximum atomic E-state index is 13.1. The highest BCUT2D eigenvalue weighted by molar-refractivity contribution is 6.05. The molecule has 5 rings (SSSR count).